The van der Waals surface area contributed by atoms with Gasteiger partial charge in [-0.3, -0.25) is 9.89 Å². The maximum absolute atomic E-state index is 12.1. The Hall–Kier alpha value is -0.880. The highest BCUT2D eigenvalue weighted by Crippen LogP contribution is 2.28. The Morgan fingerprint density at radius 2 is 2.29 bits per heavy atom. The third kappa shape index (κ3) is 2.11. The van der Waals surface area contributed by atoms with Crippen LogP contribution in [0.15, 0.2) is 4.47 Å². The Kier molecular flexibility index (Phi) is 3.27. The molecule has 1 saturated heterocycles. The highest BCUT2D eigenvalue weighted by Gasteiger charge is 2.42. The summed E-state index contributed by atoms with van der Waals surface area (Å²) in [5.74, 6) is -0.0534. The van der Waals surface area contributed by atoms with Crippen molar-refractivity contribution in [1.82, 2.24) is 15.1 Å². The number of carbonyl (C=O) groups is 1. The monoisotopic (exact) mass is 301 g/mol. The van der Waals surface area contributed by atoms with Crippen LogP contribution in [0.1, 0.15) is 30.0 Å². The number of carbonyl (C=O) groups excluding carboxylic acids is 1. The highest BCUT2D eigenvalue weighted by molar-refractivity contribution is 9.10. The fourth-order valence-electron chi connectivity index (χ4n) is 1.92. The van der Waals surface area contributed by atoms with Crippen molar-refractivity contribution in [2.75, 3.05) is 20.2 Å². The molecule has 94 valence electrons. The van der Waals surface area contributed by atoms with Gasteiger partial charge in [-0.15, -0.1) is 0 Å². The van der Waals surface area contributed by atoms with Crippen molar-refractivity contribution in [1.29, 1.82) is 0 Å². The second-order valence-corrected chi connectivity index (χ2v) is 5.33. The van der Waals surface area contributed by atoms with Crippen LogP contribution in [-0.4, -0.2) is 46.8 Å². The van der Waals surface area contributed by atoms with Gasteiger partial charge in [-0.25, -0.2) is 0 Å². The van der Waals surface area contributed by atoms with Crippen LogP contribution < -0.4 is 0 Å². The number of rotatable bonds is 3. The van der Waals surface area contributed by atoms with Crippen LogP contribution in [0.2, 0.25) is 0 Å². The molecule has 5 nitrogen and oxygen atoms in total. The second kappa shape index (κ2) is 4.42. The van der Waals surface area contributed by atoms with E-state index in [1.807, 2.05) is 13.8 Å². The van der Waals surface area contributed by atoms with E-state index in [9.17, 15) is 4.79 Å². The van der Waals surface area contributed by atoms with E-state index in [0.717, 1.165) is 16.6 Å². The number of halogens is 1. The van der Waals surface area contributed by atoms with Gasteiger partial charge in [0.05, 0.1) is 17.6 Å². The summed E-state index contributed by atoms with van der Waals surface area (Å²) in [5, 5.41) is 6.93. The minimum absolute atomic E-state index is 0.0534. The molecule has 0 atom stereocenters. The van der Waals surface area contributed by atoms with Gasteiger partial charge in [0.15, 0.2) is 5.69 Å². The lowest BCUT2D eigenvalue weighted by Crippen LogP contribution is -2.62. The summed E-state index contributed by atoms with van der Waals surface area (Å²) in [6.45, 7) is 5.23. The molecule has 0 aromatic carbocycles. The zero-order valence-corrected chi connectivity index (χ0v) is 11.8. The van der Waals surface area contributed by atoms with Crippen molar-refractivity contribution in [2.45, 2.75) is 25.9 Å². The standard InChI is InChI=1S/C11H16BrN3O2/c1-4-7-8(12)9(14-13-7)10(16)15-5-11(2,6-15)17-3/h4-6H2,1-3H3,(H,13,14). The molecule has 0 aliphatic carbocycles. The van der Waals surface area contributed by atoms with Gasteiger partial charge in [0, 0.05) is 12.8 Å². The van der Waals surface area contributed by atoms with Crippen LogP contribution in [0.5, 0.6) is 0 Å². The third-order valence-electron chi connectivity index (χ3n) is 3.16. The van der Waals surface area contributed by atoms with Gasteiger partial charge in [-0.1, -0.05) is 6.92 Å². The molecule has 1 amide bonds. The largest absolute Gasteiger partial charge is 0.375 e. The highest BCUT2D eigenvalue weighted by atomic mass is 79.9. The predicted molar refractivity (Wildman–Crippen MR) is 67.0 cm³/mol. The zero-order chi connectivity index (χ0) is 12.6. The van der Waals surface area contributed by atoms with Crippen molar-refractivity contribution in [3.63, 3.8) is 0 Å². The fraction of sp³-hybridized carbons (Fsp3) is 0.636. The molecule has 0 unspecified atom stereocenters. The van der Waals surface area contributed by atoms with Crippen molar-refractivity contribution >= 4 is 21.8 Å². The molecular weight excluding hydrogens is 286 g/mol. The summed E-state index contributed by atoms with van der Waals surface area (Å²) in [6.07, 6.45) is 0.816. The molecule has 0 bridgehead atoms. The molecule has 2 heterocycles. The first-order valence-corrected chi connectivity index (χ1v) is 6.37. The summed E-state index contributed by atoms with van der Waals surface area (Å²) in [5.41, 5.74) is 1.20. The smallest absolute Gasteiger partial charge is 0.275 e. The maximum Gasteiger partial charge on any atom is 0.275 e. The number of likely N-dealkylation sites (tertiary alicyclic amines) is 1. The molecule has 17 heavy (non-hydrogen) atoms. The van der Waals surface area contributed by atoms with Gasteiger partial charge < -0.3 is 9.64 Å². The van der Waals surface area contributed by atoms with E-state index < -0.39 is 0 Å². The van der Waals surface area contributed by atoms with Crippen molar-refractivity contribution in [2.24, 2.45) is 0 Å². The van der Waals surface area contributed by atoms with Gasteiger partial charge in [0.1, 0.15) is 5.60 Å². The van der Waals surface area contributed by atoms with Gasteiger partial charge in [0.25, 0.3) is 5.91 Å². The molecule has 1 aromatic rings. The molecule has 0 radical (unpaired) electrons. The zero-order valence-electron chi connectivity index (χ0n) is 10.2. The molecule has 1 N–H and O–H groups in total. The Bertz CT molecular complexity index is 438. The van der Waals surface area contributed by atoms with E-state index in [4.69, 9.17) is 4.74 Å². The first-order chi connectivity index (χ1) is 8.00. The third-order valence-corrected chi connectivity index (χ3v) is 4.02. The summed E-state index contributed by atoms with van der Waals surface area (Å²) in [4.78, 5) is 13.9. The average molecular weight is 302 g/mol. The molecule has 0 spiro atoms. The molecular formula is C11H16BrN3O2. The Morgan fingerprint density at radius 3 is 2.76 bits per heavy atom. The first kappa shape index (κ1) is 12.6. The van der Waals surface area contributed by atoms with Crippen molar-refractivity contribution in [3.05, 3.63) is 15.9 Å². The molecule has 1 fully saturated rings. The van der Waals surface area contributed by atoms with Crippen LogP contribution in [0.25, 0.3) is 0 Å². The predicted octanol–water partition coefficient (Wildman–Crippen LogP) is 1.60. The number of hydrogen-bond donors (Lipinski definition) is 1. The van der Waals surface area contributed by atoms with Crippen molar-refractivity contribution < 1.29 is 9.53 Å². The molecule has 1 aliphatic rings. The fourth-order valence-corrected chi connectivity index (χ4v) is 2.55. The van der Waals surface area contributed by atoms with E-state index in [-0.39, 0.29) is 11.5 Å². The number of ether oxygens (including phenoxy) is 1. The van der Waals surface area contributed by atoms with Crippen LogP contribution in [0.3, 0.4) is 0 Å². The molecule has 1 aliphatic heterocycles. The molecule has 6 heteroatoms. The lowest BCUT2D eigenvalue weighted by Gasteiger charge is -2.46. The van der Waals surface area contributed by atoms with E-state index in [0.29, 0.717) is 18.8 Å². The number of aryl methyl sites for hydroxylation is 1. The number of aromatic amines is 1. The van der Waals surface area contributed by atoms with Gasteiger partial charge in [-0.2, -0.15) is 5.10 Å². The summed E-state index contributed by atoms with van der Waals surface area (Å²) in [7, 11) is 1.67. The maximum atomic E-state index is 12.1. The average Bonchev–Trinajstić information content (AvgIpc) is 2.65. The molecule has 2 rings (SSSR count). The van der Waals surface area contributed by atoms with Gasteiger partial charge in [0.2, 0.25) is 0 Å². The summed E-state index contributed by atoms with van der Waals surface area (Å²) in [6, 6.07) is 0. The lowest BCUT2D eigenvalue weighted by atomic mass is 9.96. The number of nitrogens with one attached hydrogen (secondary N) is 1. The topological polar surface area (TPSA) is 58.2 Å². The van der Waals surface area contributed by atoms with Crippen LogP contribution in [0.4, 0.5) is 0 Å². The molecule has 1 aromatic heterocycles. The number of aromatic nitrogens is 2. The number of H-pyrrole nitrogens is 1. The minimum atomic E-state index is -0.202. The van der Waals surface area contributed by atoms with E-state index >= 15 is 0 Å². The summed E-state index contributed by atoms with van der Waals surface area (Å²) >= 11 is 3.41. The minimum Gasteiger partial charge on any atom is -0.375 e. The Balaban J connectivity index is 2.09. The van der Waals surface area contributed by atoms with Crippen molar-refractivity contribution in [3.8, 4) is 0 Å². The van der Waals surface area contributed by atoms with E-state index in [2.05, 4.69) is 26.1 Å². The second-order valence-electron chi connectivity index (χ2n) is 4.53. The quantitative estimate of drug-likeness (QED) is 0.922. The van der Waals surface area contributed by atoms with Gasteiger partial charge in [-0.05, 0) is 29.3 Å². The molecule has 0 saturated carbocycles. The van der Waals surface area contributed by atoms with Crippen LogP contribution >= 0.6 is 15.9 Å². The Labute approximate surface area is 109 Å². The first-order valence-electron chi connectivity index (χ1n) is 5.58. The van der Waals surface area contributed by atoms with E-state index in [1.165, 1.54) is 0 Å². The van der Waals surface area contributed by atoms with Crippen LogP contribution in [-0.2, 0) is 11.2 Å². The SMILES string of the molecule is CCc1[nH]nc(C(=O)N2CC(C)(OC)C2)c1Br. The number of methoxy groups -OCH3 is 1. The van der Waals surface area contributed by atoms with Gasteiger partial charge >= 0.3 is 0 Å². The number of amides is 1. The lowest BCUT2D eigenvalue weighted by molar-refractivity contribution is -0.0949. The Morgan fingerprint density at radius 1 is 1.65 bits per heavy atom. The number of hydrogen-bond acceptors (Lipinski definition) is 3. The van der Waals surface area contributed by atoms with E-state index in [1.54, 1.807) is 12.0 Å². The summed E-state index contributed by atoms with van der Waals surface area (Å²) < 4.78 is 6.09. The normalized spacial score (nSPS) is 18.0. The number of nitrogens with zero attached hydrogens (tertiary/aromatic N) is 2. The van der Waals surface area contributed by atoms with Crippen LogP contribution in [0, 0.1) is 0 Å².